The van der Waals surface area contributed by atoms with E-state index in [0.29, 0.717) is 0 Å². The minimum atomic E-state index is 0.172. The Morgan fingerprint density at radius 3 is 2.50 bits per heavy atom. The van der Waals surface area contributed by atoms with Gasteiger partial charge in [0.1, 0.15) is 5.82 Å². The van der Waals surface area contributed by atoms with Gasteiger partial charge < -0.3 is 10.2 Å². The minimum absolute atomic E-state index is 0.172. The Hall–Kier alpha value is -1.13. The Kier molecular flexibility index (Phi) is 5.00. The van der Waals surface area contributed by atoms with E-state index in [0.717, 1.165) is 45.1 Å². The Morgan fingerprint density at radius 2 is 1.95 bits per heavy atom. The molecule has 1 N–H and O–H groups in total. The third kappa shape index (κ3) is 4.18. The third-order valence-corrected chi connectivity index (χ3v) is 3.97. The number of pyridine rings is 1. The molecular weight excluding hydrogens is 248 g/mol. The standard InChI is InChI=1S/C16H28N4/c1-16(2,3)14-5-6-15(18-13-14)19(4)11-12-20-9-7-17-8-10-20/h5-6,13,17H,7-12H2,1-4H3. The number of piperazine rings is 1. The van der Waals surface area contributed by atoms with Crippen LogP contribution in [0.1, 0.15) is 26.3 Å². The van der Waals surface area contributed by atoms with Crippen molar-refractivity contribution in [1.82, 2.24) is 15.2 Å². The molecule has 0 unspecified atom stereocenters. The quantitative estimate of drug-likeness (QED) is 0.907. The second-order valence-electron chi connectivity index (χ2n) is 6.67. The van der Waals surface area contributed by atoms with E-state index in [1.807, 2.05) is 6.20 Å². The maximum atomic E-state index is 4.60. The van der Waals surface area contributed by atoms with E-state index in [2.05, 4.69) is 60.1 Å². The van der Waals surface area contributed by atoms with Crippen molar-refractivity contribution in [2.45, 2.75) is 26.2 Å². The summed E-state index contributed by atoms with van der Waals surface area (Å²) in [4.78, 5) is 9.36. The van der Waals surface area contributed by atoms with E-state index in [-0.39, 0.29) is 5.41 Å². The van der Waals surface area contributed by atoms with Gasteiger partial charge in [0.05, 0.1) is 0 Å². The fourth-order valence-electron chi connectivity index (χ4n) is 2.40. The first-order valence-electron chi connectivity index (χ1n) is 7.57. The highest BCUT2D eigenvalue weighted by atomic mass is 15.2. The highest BCUT2D eigenvalue weighted by Crippen LogP contribution is 2.22. The fraction of sp³-hybridized carbons (Fsp3) is 0.688. The number of aromatic nitrogens is 1. The number of hydrogen-bond donors (Lipinski definition) is 1. The molecular formula is C16H28N4. The van der Waals surface area contributed by atoms with Crippen LogP contribution in [0.15, 0.2) is 18.3 Å². The lowest BCUT2D eigenvalue weighted by Gasteiger charge is -2.29. The second-order valence-corrected chi connectivity index (χ2v) is 6.67. The number of rotatable bonds is 4. The van der Waals surface area contributed by atoms with Crippen molar-refractivity contribution in [2.75, 3.05) is 51.2 Å². The largest absolute Gasteiger partial charge is 0.358 e. The van der Waals surface area contributed by atoms with Crippen molar-refractivity contribution in [3.05, 3.63) is 23.9 Å². The zero-order chi connectivity index (χ0) is 14.6. The average Bonchev–Trinajstić information content (AvgIpc) is 2.45. The molecule has 0 radical (unpaired) electrons. The highest BCUT2D eigenvalue weighted by Gasteiger charge is 2.15. The van der Waals surface area contributed by atoms with Crippen molar-refractivity contribution in [2.24, 2.45) is 0 Å². The van der Waals surface area contributed by atoms with Crippen LogP contribution in [-0.4, -0.2) is 56.2 Å². The van der Waals surface area contributed by atoms with Gasteiger partial charge in [-0.25, -0.2) is 4.98 Å². The molecule has 0 aliphatic carbocycles. The summed E-state index contributed by atoms with van der Waals surface area (Å²) in [5, 5.41) is 3.39. The molecule has 112 valence electrons. The maximum Gasteiger partial charge on any atom is 0.128 e. The first kappa shape index (κ1) is 15.3. The molecule has 0 saturated carbocycles. The molecule has 0 bridgehead atoms. The van der Waals surface area contributed by atoms with Crippen molar-refractivity contribution in [1.29, 1.82) is 0 Å². The molecule has 2 heterocycles. The van der Waals surface area contributed by atoms with E-state index in [1.54, 1.807) is 0 Å². The SMILES string of the molecule is CN(CCN1CCNCC1)c1ccc(C(C)(C)C)cn1. The predicted molar refractivity (Wildman–Crippen MR) is 85.5 cm³/mol. The van der Waals surface area contributed by atoms with Gasteiger partial charge in [-0.15, -0.1) is 0 Å². The molecule has 1 saturated heterocycles. The molecule has 0 amide bonds. The van der Waals surface area contributed by atoms with E-state index in [4.69, 9.17) is 0 Å². The van der Waals surface area contributed by atoms with E-state index in [9.17, 15) is 0 Å². The van der Waals surface area contributed by atoms with Crippen LogP contribution in [0.4, 0.5) is 5.82 Å². The summed E-state index contributed by atoms with van der Waals surface area (Å²) in [6, 6.07) is 4.34. The van der Waals surface area contributed by atoms with Crippen LogP contribution < -0.4 is 10.2 Å². The smallest absolute Gasteiger partial charge is 0.128 e. The van der Waals surface area contributed by atoms with Crippen LogP contribution in [0.3, 0.4) is 0 Å². The van der Waals surface area contributed by atoms with Gasteiger partial charge in [-0.1, -0.05) is 26.8 Å². The van der Waals surface area contributed by atoms with Crippen molar-refractivity contribution in [3.63, 3.8) is 0 Å². The number of nitrogens with zero attached hydrogens (tertiary/aromatic N) is 3. The molecule has 4 nitrogen and oxygen atoms in total. The van der Waals surface area contributed by atoms with Gasteiger partial charge in [0.2, 0.25) is 0 Å². The second kappa shape index (κ2) is 6.55. The zero-order valence-corrected chi connectivity index (χ0v) is 13.3. The molecule has 20 heavy (non-hydrogen) atoms. The van der Waals surface area contributed by atoms with E-state index in [1.165, 1.54) is 5.56 Å². The lowest BCUT2D eigenvalue weighted by atomic mass is 9.88. The molecule has 2 rings (SSSR count). The van der Waals surface area contributed by atoms with Crippen LogP contribution in [0.25, 0.3) is 0 Å². The predicted octanol–water partition coefficient (Wildman–Crippen LogP) is 1.72. The molecule has 1 fully saturated rings. The monoisotopic (exact) mass is 276 g/mol. The molecule has 1 aromatic heterocycles. The van der Waals surface area contributed by atoms with Crippen LogP contribution in [0.5, 0.6) is 0 Å². The molecule has 1 aliphatic rings. The summed E-state index contributed by atoms with van der Waals surface area (Å²) >= 11 is 0. The summed E-state index contributed by atoms with van der Waals surface area (Å²) in [6.45, 7) is 13.3. The fourth-order valence-corrected chi connectivity index (χ4v) is 2.40. The van der Waals surface area contributed by atoms with Crippen molar-refractivity contribution >= 4 is 5.82 Å². The van der Waals surface area contributed by atoms with Crippen molar-refractivity contribution < 1.29 is 0 Å². The summed E-state index contributed by atoms with van der Waals surface area (Å²) < 4.78 is 0. The van der Waals surface area contributed by atoms with Crippen LogP contribution in [0.2, 0.25) is 0 Å². The Balaban J connectivity index is 1.87. The number of anilines is 1. The molecule has 0 aromatic carbocycles. The normalized spacial score (nSPS) is 17.2. The highest BCUT2D eigenvalue weighted by molar-refractivity contribution is 5.39. The Morgan fingerprint density at radius 1 is 1.25 bits per heavy atom. The van der Waals surface area contributed by atoms with Gasteiger partial charge in [-0.3, -0.25) is 4.90 Å². The molecule has 1 aliphatic heterocycles. The molecule has 0 spiro atoms. The third-order valence-electron chi connectivity index (χ3n) is 3.97. The maximum absolute atomic E-state index is 4.60. The van der Waals surface area contributed by atoms with E-state index < -0.39 is 0 Å². The summed E-state index contributed by atoms with van der Waals surface area (Å²) in [6.07, 6.45) is 2.01. The summed E-state index contributed by atoms with van der Waals surface area (Å²) in [5.41, 5.74) is 1.46. The van der Waals surface area contributed by atoms with Crippen LogP contribution in [0, 0.1) is 0 Å². The minimum Gasteiger partial charge on any atom is -0.358 e. The lowest BCUT2D eigenvalue weighted by Crippen LogP contribution is -2.46. The number of hydrogen-bond acceptors (Lipinski definition) is 4. The Bertz CT molecular complexity index is 401. The molecule has 4 heteroatoms. The van der Waals surface area contributed by atoms with E-state index >= 15 is 0 Å². The van der Waals surface area contributed by atoms with Gasteiger partial charge in [0.15, 0.2) is 0 Å². The molecule has 1 aromatic rings. The van der Waals surface area contributed by atoms with Gasteiger partial charge in [-0.2, -0.15) is 0 Å². The lowest BCUT2D eigenvalue weighted by molar-refractivity contribution is 0.246. The summed E-state index contributed by atoms with van der Waals surface area (Å²) in [7, 11) is 2.13. The van der Waals surface area contributed by atoms with Gasteiger partial charge >= 0.3 is 0 Å². The number of nitrogens with one attached hydrogen (secondary N) is 1. The molecule has 0 atom stereocenters. The summed E-state index contributed by atoms with van der Waals surface area (Å²) in [5.74, 6) is 1.06. The zero-order valence-electron chi connectivity index (χ0n) is 13.3. The first-order chi connectivity index (χ1) is 9.47. The van der Waals surface area contributed by atoms with Gasteiger partial charge in [-0.05, 0) is 17.0 Å². The van der Waals surface area contributed by atoms with Crippen LogP contribution >= 0.6 is 0 Å². The topological polar surface area (TPSA) is 31.4 Å². The average molecular weight is 276 g/mol. The van der Waals surface area contributed by atoms with Crippen molar-refractivity contribution in [3.8, 4) is 0 Å². The van der Waals surface area contributed by atoms with Gasteiger partial charge in [0.25, 0.3) is 0 Å². The van der Waals surface area contributed by atoms with Gasteiger partial charge in [0, 0.05) is 52.5 Å². The van der Waals surface area contributed by atoms with Crippen LogP contribution in [-0.2, 0) is 5.41 Å². The number of likely N-dealkylation sites (N-methyl/N-ethyl adjacent to an activating group) is 1. The first-order valence-corrected chi connectivity index (χ1v) is 7.57. The Labute approximate surface area is 123 Å².